The van der Waals surface area contributed by atoms with Crippen LogP contribution < -0.4 is 14.8 Å². The van der Waals surface area contributed by atoms with Gasteiger partial charge in [0, 0.05) is 12.1 Å². The molecule has 122 valence electrons. The van der Waals surface area contributed by atoms with Crippen LogP contribution in [0, 0.1) is 17.8 Å². The Morgan fingerprint density at radius 3 is 2.91 bits per heavy atom. The zero-order valence-electron chi connectivity index (χ0n) is 13.5. The second kappa shape index (κ2) is 5.91. The summed E-state index contributed by atoms with van der Waals surface area (Å²) in [7, 11) is 0. The van der Waals surface area contributed by atoms with Crippen molar-refractivity contribution >= 4 is 12.0 Å². The van der Waals surface area contributed by atoms with Gasteiger partial charge in [0.2, 0.25) is 12.7 Å². The summed E-state index contributed by atoms with van der Waals surface area (Å²) in [5.41, 5.74) is 0.942. The highest BCUT2D eigenvalue weighted by molar-refractivity contribution is 5.92. The maximum absolute atomic E-state index is 12.2. The third kappa shape index (κ3) is 2.94. The summed E-state index contributed by atoms with van der Waals surface area (Å²) in [4.78, 5) is 12.2. The minimum Gasteiger partial charge on any atom is -0.454 e. The molecule has 2 fully saturated rings. The summed E-state index contributed by atoms with van der Waals surface area (Å²) in [5.74, 6) is 3.88. The highest BCUT2D eigenvalue weighted by atomic mass is 16.7. The van der Waals surface area contributed by atoms with Gasteiger partial charge in [0.05, 0.1) is 0 Å². The van der Waals surface area contributed by atoms with Crippen LogP contribution in [0.1, 0.15) is 38.2 Å². The van der Waals surface area contributed by atoms with Gasteiger partial charge in [-0.05, 0) is 67.7 Å². The molecule has 2 saturated carbocycles. The molecule has 2 bridgehead atoms. The Morgan fingerprint density at radius 1 is 1.26 bits per heavy atom. The lowest BCUT2D eigenvalue weighted by molar-refractivity contribution is -0.117. The van der Waals surface area contributed by atoms with Crippen molar-refractivity contribution in [1.29, 1.82) is 0 Å². The van der Waals surface area contributed by atoms with Crippen molar-refractivity contribution in [2.24, 2.45) is 17.8 Å². The van der Waals surface area contributed by atoms with Gasteiger partial charge >= 0.3 is 0 Å². The normalized spacial score (nSPS) is 29.2. The van der Waals surface area contributed by atoms with E-state index in [4.69, 9.17) is 9.47 Å². The average molecular weight is 313 g/mol. The Labute approximate surface area is 136 Å². The van der Waals surface area contributed by atoms with Crippen LogP contribution in [-0.4, -0.2) is 18.7 Å². The number of nitrogens with one attached hydrogen (secondary N) is 1. The highest BCUT2D eigenvalue weighted by Gasteiger charge is 2.41. The van der Waals surface area contributed by atoms with Crippen LogP contribution in [0.25, 0.3) is 6.08 Å². The van der Waals surface area contributed by atoms with Gasteiger partial charge in [0.25, 0.3) is 0 Å². The second-order valence-corrected chi connectivity index (χ2v) is 7.08. The van der Waals surface area contributed by atoms with E-state index < -0.39 is 0 Å². The molecule has 0 unspecified atom stereocenters. The minimum atomic E-state index is -0.0158. The maximum Gasteiger partial charge on any atom is 0.244 e. The number of carbonyl (C=O) groups excluding carboxylic acids is 1. The topological polar surface area (TPSA) is 47.6 Å². The molecule has 1 aliphatic heterocycles. The van der Waals surface area contributed by atoms with Gasteiger partial charge < -0.3 is 14.8 Å². The SMILES string of the molecule is C[C@H](NC(=O)/C=C\c1ccc2c(c1)OCO2)[C@@H]1C[C@H]2CC[C@H]1C2. The third-order valence-electron chi connectivity index (χ3n) is 5.63. The van der Waals surface area contributed by atoms with Crippen LogP contribution in [0.15, 0.2) is 24.3 Å². The van der Waals surface area contributed by atoms with E-state index in [0.717, 1.165) is 28.9 Å². The van der Waals surface area contributed by atoms with E-state index in [1.165, 1.54) is 25.7 Å². The van der Waals surface area contributed by atoms with Crippen molar-refractivity contribution in [3.63, 3.8) is 0 Å². The summed E-state index contributed by atoms with van der Waals surface area (Å²) in [6.07, 6.45) is 8.84. The van der Waals surface area contributed by atoms with E-state index in [1.54, 1.807) is 6.08 Å². The van der Waals surface area contributed by atoms with Crippen molar-refractivity contribution in [1.82, 2.24) is 5.32 Å². The molecule has 3 aliphatic rings. The first-order valence-corrected chi connectivity index (χ1v) is 8.57. The molecule has 1 aromatic carbocycles. The van der Waals surface area contributed by atoms with Gasteiger partial charge in [0.1, 0.15) is 0 Å². The molecule has 2 aliphatic carbocycles. The summed E-state index contributed by atoms with van der Waals surface area (Å²) >= 11 is 0. The Balaban J connectivity index is 1.34. The van der Waals surface area contributed by atoms with Crippen molar-refractivity contribution in [2.75, 3.05) is 6.79 Å². The van der Waals surface area contributed by atoms with Gasteiger partial charge in [-0.3, -0.25) is 4.79 Å². The van der Waals surface area contributed by atoms with E-state index in [1.807, 2.05) is 24.3 Å². The Hall–Kier alpha value is -1.97. The summed E-state index contributed by atoms with van der Waals surface area (Å²) in [6, 6.07) is 5.96. The molecule has 4 rings (SSSR count). The fourth-order valence-electron chi connectivity index (χ4n) is 4.47. The lowest BCUT2D eigenvalue weighted by Crippen LogP contribution is -2.39. The lowest BCUT2D eigenvalue weighted by Gasteiger charge is -2.28. The van der Waals surface area contributed by atoms with Gasteiger partial charge in [-0.15, -0.1) is 0 Å². The molecule has 1 N–H and O–H groups in total. The van der Waals surface area contributed by atoms with Gasteiger partial charge in [-0.1, -0.05) is 12.5 Å². The number of carbonyl (C=O) groups is 1. The van der Waals surface area contributed by atoms with Crippen LogP contribution in [0.5, 0.6) is 11.5 Å². The van der Waals surface area contributed by atoms with Crippen LogP contribution in [-0.2, 0) is 4.79 Å². The standard InChI is InChI=1S/C19H23NO3/c1-12(16-9-14-2-5-15(16)8-14)20-19(21)7-4-13-3-6-17-18(10-13)23-11-22-17/h3-4,6-7,10,12,14-16H,2,5,8-9,11H2,1H3,(H,20,21)/b7-4-/t12-,14-,15-,16-/m0/s1. The summed E-state index contributed by atoms with van der Waals surface area (Å²) < 4.78 is 10.6. The molecule has 1 aromatic rings. The lowest BCUT2D eigenvalue weighted by atomic mass is 9.84. The van der Waals surface area contributed by atoms with Crippen molar-refractivity contribution in [3.05, 3.63) is 29.8 Å². The van der Waals surface area contributed by atoms with Gasteiger partial charge in [-0.25, -0.2) is 0 Å². The quantitative estimate of drug-likeness (QED) is 0.867. The van der Waals surface area contributed by atoms with E-state index in [9.17, 15) is 4.79 Å². The number of hydrogen-bond acceptors (Lipinski definition) is 3. The molecule has 0 saturated heterocycles. The first-order chi connectivity index (χ1) is 11.2. The number of ether oxygens (including phenoxy) is 2. The molecule has 0 spiro atoms. The Bertz CT molecular complexity index is 640. The largest absolute Gasteiger partial charge is 0.454 e. The van der Waals surface area contributed by atoms with Crippen molar-refractivity contribution in [2.45, 2.75) is 38.6 Å². The summed E-state index contributed by atoms with van der Waals surface area (Å²) in [5, 5.41) is 3.15. The zero-order valence-corrected chi connectivity index (χ0v) is 13.5. The molecule has 1 heterocycles. The fourth-order valence-corrected chi connectivity index (χ4v) is 4.47. The van der Waals surface area contributed by atoms with Gasteiger partial charge in [0.15, 0.2) is 11.5 Å². The van der Waals surface area contributed by atoms with Crippen LogP contribution in [0.4, 0.5) is 0 Å². The predicted octanol–water partition coefficient (Wildman–Crippen LogP) is 3.37. The van der Waals surface area contributed by atoms with Crippen molar-refractivity contribution < 1.29 is 14.3 Å². The van der Waals surface area contributed by atoms with Crippen LogP contribution in [0.2, 0.25) is 0 Å². The van der Waals surface area contributed by atoms with E-state index >= 15 is 0 Å². The molecule has 4 nitrogen and oxygen atoms in total. The highest BCUT2D eigenvalue weighted by Crippen LogP contribution is 2.49. The average Bonchev–Trinajstić information content (AvgIpc) is 3.28. The molecule has 4 heteroatoms. The molecule has 0 aromatic heterocycles. The third-order valence-corrected chi connectivity index (χ3v) is 5.63. The molecule has 4 atom stereocenters. The first-order valence-electron chi connectivity index (χ1n) is 8.57. The minimum absolute atomic E-state index is 0.0158. The van der Waals surface area contributed by atoms with Crippen LogP contribution in [0.3, 0.4) is 0 Å². The molecule has 0 radical (unpaired) electrons. The van der Waals surface area contributed by atoms with Crippen molar-refractivity contribution in [3.8, 4) is 11.5 Å². The number of amides is 1. The number of rotatable bonds is 4. The monoisotopic (exact) mass is 313 g/mol. The number of hydrogen-bond donors (Lipinski definition) is 1. The Morgan fingerprint density at radius 2 is 2.13 bits per heavy atom. The van der Waals surface area contributed by atoms with E-state index in [2.05, 4.69) is 12.2 Å². The van der Waals surface area contributed by atoms with Crippen LogP contribution >= 0.6 is 0 Å². The van der Waals surface area contributed by atoms with E-state index in [-0.39, 0.29) is 18.7 Å². The zero-order chi connectivity index (χ0) is 15.8. The second-order valence-electron chi connectivity index (χ2n) is 7.08. The first kappa shape index (κ1) is 14.6. The number of fused-ring (bicyclic) bond motifs is 3. The van der Waals surface area contributed by atoms with Gasteiger partial charge in [-0.2, -0.15) is 0 Å². The fraction of sp³-hybridized carbons (Fsp3) is 0.526. The molecule has 1 amide bonds. The number of benzene rings is 1. The maximum atomic E-state index is 12.2. The smallest absolute Gasteiger partial charge is 0.244 e. The molecule has 23 heavy (non-hydrogen) atoms. The molecular weight excluding hydrogens is 290 g/mol. The summed E-state index contributed by atoms with van der Waals surface area (Å²) in [6.45, 7) is 2.42. The van der Waals surface area contributed by atoms with E-state index in [0.29, 0.717) is 5.92 Å². The predicted molar refractivity (Wildman–Crippen MR) is 88.1 cm³/mol. The Kier molecular flexibility index (Phi) is 3.76. The molecular formula is C19H23NO3.